The summed E-state index contributed by atoms with van der Waals surface area (Å²) < 4.78 is 40.6. The third-order valence-corrected chi connectivity index (χ3v) is 6.07. The van der Waals surface area contributed by atoms with E-state index in [-0.39, 0.29) is 5.91 Å². The Morgan fingerprint density at radius 2 is 1.82 bits per heavy atom. The van der Waals surface area contributed by atoms with Gasteiger partial charge in [0, 0.05) is 5.69 Å². The molecule has 0 aliphatic rings. The SMILES string of the molecule is CC(Sc1nn(-c2ccccc2)c(=S)s1)C(=O)Nc1ccc(C(F)(F)F)cc1. The number of benzene rings is 2. The average Bonchev–Trinajstić information content (AvgIpc) is 3.02. The first-order valence-electron chi connectivity index (χ1n) is 8.04. The summed E-state index contributed by atoms with van der Waals surface area (Å²) in [5.74, 6) is -0.336. The summed E-state index contributed by atoms with van der Waals surface area (Å²) in [4.78, 5) is 12.4. The highest BCUT2D eigenvalue weighted by Gasteiger charge is 2.30. The first-order chi connectivity index (χ1) is 13.2. The second-order valence-electron chi connectivity index (χ2n) is 5.71. The van der Waals surface area contributed by atoms with Crippen LogP contribution >= 0.6 is 35.3 Å². The summed E-state index contributed by atoms with van der Waals surface area (Å²) in [6, 6.07) is 13.7. The van der Waals surface area contributed by atoms with Crippen molar-refractivity contribution in [1.29, 1.82) is 0 Å². The predicted octanol–water partition coefficient (Wildman–Crippen LogP) is 5.80. The normalized spacial score (nSPS) is 12.6. The standard InChI is InChI=1S/C18H14F3N3OS3/c1-11(15(25)22-13-9-7-12(8-10-13)18(19,20)21)27-16-23-24(17(26)28-16)14-5-3-2-4-6-14/h2-11H,1H3,(H,22,25). The van der Waals surface area contributed by atoms with Gasteiger partial charge in [-0.2, -0.15) is 13.2 Å². The molecule has 1 unspecified atom stereocenters. The molecule has 0 spiro atoms. The van der Waals surface area contributed by atoms with Crippen molar-refractivity contribution in [2.45, 2.75) is 22.7 Å². The molecule has 0 fully saturated rings. The van der Waals surface area contributed by atoms with Gasteiger partial charge in [0.2, 0.25) is 5.91 Å². The van der Waals surface area contributed by atoms with Gasteiger partial charge in [-0.05, 0) is 55.5 Å². The van der Waals surface area contributed by atoms with Crippen molar-refractivity contribution in [2.75, 3.05) is 5.32 Å². The van der Waals surface area contributed by atoms with Crippen LogP contribution < -0.4 is 5.32 Å². The molecule has 3 rings (SSSR count). The van der Waals surface area contributed by atoms with Crippen LogP contribution in [0.1, 0.15) is 12.5 Å². The number of nitrogens with one attached hydrogen (secondary N) is 1. The summed E-state index contributed by atoms with van der Waals surface area (Å²) >= 11 is 7.86. The molecule has 4 nitrogen and oxygen atoms in total. The largest absolute Gasteiger partial charge is 0.416 e. The highest BCUT2D eigenvalue weighted by Crippen LogP contribution is 2.31. The van der Waals surface area contributed by atoms with Gasteiger partial charge in [-0.1, -0.05) is 41.3 Å². The van der Waals surface area contributed by atoms with Gasteiger partial charge in [0.05, 0.1) is 16.5 Å². The zero-order chi connectivity index (χ0) is 20.3. The van der Waals surface area contributed by atoms with E-state index in [4.69, 9.17) is 12.2 Å². The molecule has 3 aromatic rings. The Kier molecular flexibility index (Phi) is 6.21. The molecule has 1 heterocycles. The Morgan fingerprint density at radius 3 is 2.43 bits per heavy atom. The third-order valence-electron chi connectivity index (χ3n) is 3.66. The van der Waals surface area contributed by atoms with Crippen molar-refractivity contribution in [1.82, 2.24) is 9.78 Å². The Labute approximate surface area is 172 Å². The van der Waals surface area contributed by atoms with Crippen LogP contribution in [0.5, 0.6) is 0 Å². The molecular formula is C18H14F3N3OS3. The van der Waals surface area contributed by atoms with Gasteiger partial charge < -0.3 is 5.32 Å². The molecule has 146 valence electrons. The molecule has 0 saturated heterocycles. The maximum atomic E-state index is 12.6. The molecule has 1 amide bonds. The lowest BCUT2D eigenvalue weighted by atomic mass is 10.2. The van der Waals surface area contributed by atoms with Gasteiger partial charge in [-0.25, -0.2) is 4.68 Å². The van der Waals surface area contributed by atoms with Crippen molar-refractivity contribution >= 4 is 46.9 Å². The number of thioether (sulfide) groups is 1. The third kappa shape index (κ3) is 5.00. The van der Waals surface area contributed by atoms with E-state index in [1.165, 1.54) is 35.2 Å². The molecule has 0 aliphatic carbocycles. The fourth-order valence-corrected chi connectivity index (χ4v) is 4.74. The van der Waals surface area contributed by atoms with E-state index in [1.54, 1.807) is 11.6 Å². The van der Waals surface area contributed by atoms with Crippen LogP contribution in [-0.2, 0) is 11.0 Å². The minimum absolute atomic E-state index is 0.299. The van der Waals surface area contributed by atoms with Crippen LogP contribution in [0.2, 0.25) is 0 Å². The van der Waals surface area contributed by atoms with Crippen molar-refractivity contribution in [3.8, 4) is 5.69 Å². The molecule has 10 heteroatoms. The highest BCUT2D eigenvalue weighted by atomic mass is 32.2. The fraction of sp³-hybridized carbons (Fsp3) is 0.167. The second-order valence-corrected chi connectivity index (χ2v) is 8.92. The molecule has 0 saturated carbocycles. The minimum Gasteiger partial charge on any atom is -0.325 e. The van der Waals surface area contributed by atoms with E-state index >= 15 is 0 Å². The second kappa shape index (κ2) is 8.46. The van der Waals surface area contributed by atoms with Crippen molar-refractivity contribution < 1.29 is 18.0 Å². The van der Waals surface area contributed by atoms with Crippen LogP contribution in [0.15, 0.2) is 58.9 Å². The number of para-hydroxylation sites is 1. The number of alkyl halides is 3. The number of nitrogens with zero attached hydrogens (tertiary/aromatic N) is 2. The number of anilines is 1. The Morgan fingerprint density at radius 1 is 1.18 bits per heavy atom. The van der Waals surface area contributed by atoms with Crippen molar-refractivity contribution in [3.05, 3.63) is 64.1 Å². The smallest absolute Gasteiger partial charge is 0.325 e. The van der Waals surface area contributed by atoms with Crippen molar-refractivity contribution in [2.24, 2.45) is 0 Å². The first-order valence-corrected chi connectivity index (χ1v) is 10.1. The van der Waals surface area contributed by atoms with Gasteiger partial charge in [-0.15, -0.1) is 5.10 Å². The molecule has 0 aliphatic heterocycles. The average molecular weight is 442 g/mol. The van der Waals surface area contributed by atoms with Crippen LogP contribution in [0.4, 0.5) is 18.9 Å². The number of hydrogen-bond acceptors (Lipinski definition) is 5. The zero-order valence-corrected chi connectivity index (χ0v) is 16.9. The van der Waals surface area contributed by atoms with Crippen LogP contribution in [0.25, 0.3) is 5.69 Å². The van der Waals surface area contributed by atoms with Crippen molar-refractivity contribution in [3.63, 3.8) is 0 Å². The van der Waals surface area contributed by atoms with E-state index in [0.717, 1.165) is 17.8 Å². The van der Waals surface area contributed by atoms with Gasteiger partial charge in [0.1, 0.15) is 0 Å². The lowest BCUT2D eigenvalue weighted by Crippen LogP contribution is -2.22. The highest BCUT2D eigenvalue weighted by molar-refractivity contribution is 8.02. The zero-order valence-electron chi connectivity index (χ0n) is 14.4. The van der Waals surface area contributed by atoms with Gasteiger partial charge in [0.25, 0.3) is 0 Å². The lowest BCUT2D eigenvalue weighted by Gasteiger charge is -2.11. The van der Waals surface area contributed by atoms with E-state index in [2.05, 4.69) is 10.4 Å². The Hall–Kier alpha value is -2.17. The molecule has 2 aromatic carbocycles. The molecule has 0 radical (unpaired) electrons. The number of aromatic nitrogens is 2. The molecule has 1 aromatic heterocycles. The van der Waals surface area contributed by atoms with Crippen LogP contribution in [-0.4, -0.2) is 20.9 Å². The topological polar surface area (TPSA) is 46.9 Å². The van der Waals surface area contributed by atoms with Gasteiger partial charge in [-0.3, -0.25) is 4.79 Å². The van der Waals surface area contributed by atoms with Crippen LogP contribution in [0.3, 0.4) is 0 Å². The summed E-state index contributed by atoms with van der Waals surface area (Å²) in [6.07, 6.45) is -4.41. The minimum atomic E-state index is -4.41. The predicted molar refractivity (Wildman–Crippen MR) is 108 cm³/mol. The molecular weight excluding hydrogens is 427 g/mol. The number of amides is 1. The van der Waals surface area contributed by atoms with E-state index in [9.17, 15) is 18.0 Å². The quantitative estimate of drug-likeness (QED) is 0.401. The number of rotatable bonds is 5. The number of carbonyl (C=O) groups excluding carboxylic acids is 1. The fourth-order valence-electron chi connectivity index (χ4n) is 2.23. The lowest BCUT2D eigenvalue weighted by molar-refractivity contribution is -0.137. The number of halogens is 3. The summed E-state index contributed by atoms with van der Waals surface area (Å²) in [5, 5.41) is 6.54. The van der Waals surface area contributed by atoms with Gasteiger partial charge in [0.15, 0.2) is 8.29 Å². The van der Waals surface area contributed by atoms with Crippen LogP contribution in [0, 0.1) is 3.95 Å². The molecule has 28 heavy (non-hydrogen) atoms. The Balaban J connectivity index is 1.66. The molecule has 0 bridgehead atoms. The van der Waals surface area contributed by atoms with E-state index in [1.807, 2.05) is 30.3 Å². The van der Waals surface area contributed by atoms with Gasteiger partial charge >= 0.3 is 6.18 Å². The number of carbonyl (C=O) groups is 1. The molecule has 1 N–H and O–H groups in total. The summed E-state index contributed by atoms with van der Waals surface area (Å²) in [6.45, 7) is 1.70. The van der Waals surface area contributed by atoms with E-state index < -0.39 is 17.0 Å². The number of hydrogen-bond donors (Lipinski definition) is 1. The first kappa shape index (κ1) is 20.6. The Bertz CT molecular complexity index is 1010. The van der Waals surface area contributed by atoms with E-state index in [0.29, 0.717) is 14.0 Å². The summed E-state index contributed by atoms with van der Waals surface area (Å²) in [7, 11) is 0. The monoisotopic (exact) mass is 441 g/mol. The molecule has 1 atom stereocenters. The maximum absolute atomic E-state index is 12.6. The summed E-state index contributed by atoms with van der Waals surface area (Å²) in [5.41, 5.74) is 0.365. The maximum Gasteiger partial charge on any atom is 0.416 e.